The molecule has 2 amide bonds. The number of esters is 1. The highest BCUT2D eigenvalue weighted by Crippen LogP contribution is 2.19. The highest BCUT2D eigenvalue weighted by molar-refractivity contribution is 7.80. The lowest BCUT2D eigenvalue weighted by atomic mass is 10.1. The Bertz CT molecular complexity index is 801. The number of nitrogens with one attached hydrogen (secondary N) is 2. The predicted octanol–water partition coefficient (Wildman–Crippen LogP) is 1.12. The number of hydrogen-bond acceptors (Lipinski definition) is 7. The molecule has 1 aromatic rings. The molecule has 1 aromatic carbocycles. The Morgan fingerprint density at radius 3 is 2.74 bits per heavy atom. The topological polar surface area (TPSA) is 106 Å². The maximum absolute atomic E-state index is 12.8. The molecule has 0 radical (unpaired) electrons. The molecule has 2 N–H and O–H groups in total. The third-order valence-corrected chi connectivity index (χ3v) is 4.76. The van der Waals surface area contributed by atoms with Crippen molar-refractivity contribution in [1.29, 1.82) is 0 Å². The van der Waals surface area contributed by atoms with Gasteiger partial charge in [0.25, 0.3) is 5.91 Å². The second-order valence-electron chi connectivity index (χ2n) is 7.38. The van der Waals surface area contributed by atoms with Crippen molar-refractivity contribution < 1.29 is 28.6 Å². The van der Waals surface area contributed by atoms with Gasteiger partial charge in [0.15, 0.2) is 5.11 Å². The normalized spacial score (nSPS) is 15.9. The molecule has 0 bridgehead atoms. The predicted molar refractivity (Wildman–Crippen MR) is 118 cm³/mol. The smallest absolute Gasteiger partial charge is 0.308 e. The summed E-state index contributed by atoms with van der Waals surface area (Å²) in [5.74, 6) is -0.603. The van der Waals surface area contributed by atoms with E-state index in [1.54, 1.807) is 24.3 Å². The van der Waals surface area contributed by atoms with E-state index in [-0.39, 0.29) is 30.7 Å². The van der Waals surface area contributed by atoms with Crippen molar-refractivity contribution in [3.63, 3.8) is 0 Å². The van der Waals surface area contributed by atoms with Gasteiger partial charge in [0.2, 0.25) is 5.91 Å². The van der Waals surface area contributed by atoms with E-state index in [1.807, 2.05) is 13.8 Å². The zero-order valence-electron chi connectivity index (χ0n) is 18.0. The van der Waals surface area contributed by atoms with Crippen LogP contribution in [0.1, 0.15) is 30.6 Å². The highest BCUT2D eigenvalue weighted by Gasteiger charge is 2.34. The van der Waals surface area contributed by atoms with Gasteiger partial charge in [-0.1, -0.05) is 26.0 Å². The van der Waals surface area contributed by atoms with E-state index in [0.717, 1.165) is 0 Å². The summed E-state index contributed by atoms with van der Waals surface area (Å²) < 4.78 is 15.6. The lowest BCUT2D eigenvalue weighted by Crippen LogP contribution is -2.60. The summed E-state index contributed by atoms with van der Waals surface area (Å²) in [5, 5.41) is 5.43. The van der Waals surface area contributed by atoms with Gasteiger partial charge in [-0.3, -0.25) is 19.7 Å². The van der Waals surface area contributed by atoms with E-state index in [9.17, 15) is 14.4 Å². The average molecular weight is 452 g/mol. The van der Waals surface area contributed by atoms with Gasteiger partial charge in [0.1, 0.15) is 18.4 Å². The molecule has 1 aliphatic heterocycles. The summed E-state index contributed by atoms with van der Waals surface area (Å²) >= 11 is 5.39. The van der Waals surface area contributed by atoms with E-state index in [0.29, 0.717) is 36.9 Å². The fourth-order valence-corrected chi connectivity index (χ4v) is 3.20. The largest absolute Gasteiger partial charge is 0.492 e. The number of rotatable bonds is 9. The van der Waals surface area contributed by atoms with Crippen molar-refractivity contribution in [2.45, 2.75) is 26.3 Å². The van der Waals surface area contributed by atoms with E-state index in [1.165, 1.54) is 12.0 Å². The van der Waals surface area contributed by atoms with Gasteiger partial charge >= 0.3 is 5.97 Å². The fraction of sp³-hybridized carbons (Fsp3) is 0.524. The van der Waals surface area contributed by atoms with Crippen LogP contribution in [-0.4, -0.2) is 73.9 Å². The number of ether oxygens (including phenoxy) is 3. The van der Waals surface area contributed by atoms with Crippen LogP contribution in [0.3, 0.4) is 0 Å². The van der Waals surface area contributed by atoms with Gasteiger partial charge in [-0.05, 0) is 30.3 Å². The van der Waals surface area contributed by atoms with E-state index in [2.05, 4.69) is 10.6 Å². The first-order valence-corrected chi connectivity index (χ1v) is 10.5. The van der Waals surface area contributed by atoms with Gasteiger partial charge in [-0.15, -0.1) is 0 Å². The molecule has 1 aliphatic rings. The molecule has 0 saturated carbocycles. The van der Waals surface area contributed by atoms with E-state index < -0.39 is 17.9 Å². The maximum Gasteiger partial charge on any atom is 0.308 e. The van der Waals surface area contributed by atoms with E-state index in [4.69, 9.17) is 26.4 Å². The minimum absolute atomic E-state index is 0.0632. The first-order chi connectivity index (χ1) is 14.8. The van der Waals surface area contributed by atoms with Crippen LogP contribution >= 0.6 is 12.2 Å². The van der Waals surface area contributed by atoms with E-state index >= 15 is 0 Å². The van der Waals surface area contributed by atoms with Gasteiger partial charge in [0.05, 0.1) is 25.2 Å². The van der Waals surface area contributed by atoms with Crippen molar-refractivity contribution >= 4 is 35.1 Å². The quantitative estimate of drug-likeness (QED) is 0.327. The number of carbonyl (C=O) groups is 3. The lowest BCUT2D eigenvalue weighted by Gasteiger charge is -2.36. The molecule has 1 atom stereocenters. The molecule has 31 heavy (non-hydrogen) atoms. The van der Waals surface area contributed by atoms with Crippen LogP contribution in [0.5, 0.6) is 5.75 Å². The Morgan fingerprint density at radius 2 is 2.03 bits per heavy atom. The third kappa shape index (κ3) is 7.48. The summed E-state index contributed by atoms with van der Waals surface area (Å²) in [6, 6.07) is 6.00. The number of carbonyl (C=O) groups excluding carboxylic acids is 3. The minimum atomic E-state index is -0.871. The van der Waals surface area contributed by atoms with Gasteiger partial charge < -0.3 is 24.4 Å². The Balaban J connectivity index is 2.05. The van der Waals surface area contributed by atoms with Crippen molar-refractivity contribution in [3.8, 4) is 5.75 Å². The second kappa shape index (κ2) is 12.2. The zero-order valence-corrected chi connectivity index (χ0v) is 18.8. The molecule has 0 aliphatic carbocycles. The summed E-state index contributed by atoms with van der Waals surface area (Å²) in [4.78, 5) is 38.8. The standard InChI is InChI=1S/C21H29N3O6S/c1-14(2)13-30-17-7-5-4-6-15(17)19(26)23-21(31)24-9-8-22-20(27)16(24)12-18(25)29-11-10-28-3/h4-7,14,16H,8-13H2,1-3H3,(H,22,27)(H,23,26,31). The van der Waals surface area contributed by atoms with Crippen LogP contribution in [0, 0.1) is 5.92 Å². The molecule has 1 fully saturated rings. The van der Waals surface area contributed by atoms with Gasteiger partial charge in [-0.25, -0.2) is 0 Å². The van der Waals surface area contributed by atoms with Crippen LogP contribution in [0.4, 0.5) is 0 Å². The van der Waals surface area contributed by atoms with Crippen molar-refractivity contribution in [3.05, 3.63) is 29.8 Å². The third-order valence-electron chi connectivity index (χ3n) is 4.43. The summed E-state index contributed by atoms with van der Waals surface area (Å²) in [6.45, 7) is 5.55. The molecule has 2 rings (SSSR count). The van der Waals surface area contributed by atoms with Crippen LogP contribution in [0.15, 0.2) is 24.3 Å². The van der Waals surface area contributed by atoms with Crippen LogP contribution in [-0.2, 0) is 19.1 Å². The summed E-state index contributed by atoms with van der Waals surface area (Å²) in [7, 11) is 1.50. The summed E-state index contributed by atoms with van der Waals surface area (Å²) in [6.07, 6.45) is -0.195. The van der Waals surface area contributed by atoms with Crippen molar-refractivity contribution in [2.24, 2.45) is 5.92 Å². The fourth-order valence-electron chi connectivity index (χ4n) is 2.89. The number of para-hydroxylation sites is 1. The summed E-state index contributed by atoms with van der Waals surface area (Å²) in [5.41, 5.74) is 0.336. The number of benzene rings is 1. The average Bonchev–Trinajstić information content (AvgIpc) is 2.74. The van der Waals surface area contributed by atoms with Crippen molar-refractivity contribution in [1.82, 2.24) is 15.5 Å². The number of piperazine rings is 1. The Kier molecular flexibility index (Phi) is 9.67. The van der Waals surface area contributed by atoms with Crippen molar-refractivity contribution in [2.75, 3.05) is 40.0 Å². The van der Waals surface area contributed by atoms with Crippen LogP contribution < -0.4 is 15.4 Å². The second-order valence-corrected chi connectivity index (χ2v) is 7.76. The monoisotopic (exact) mass is 451 g/mol. The Hall–Kier alpha value is -2.72. The lowest BCUT2D eigenvalue weighted by molar-refractivity contribution is -0.148. The molecule has 170 valence electrons. The first-order valence-electron chi connectivity index (χ1n) is 10.1. The number of methoxy groups -OCH3 is 1. The number of thiocarbonyl (C=S) groups is 1. The molecular formula is C21H29N3O6S. The molecular weight excluding hydrogens is 422 g/mol. The molecule has 0 aromatic heterocycles. The highest BCUT2D eigenvalue weighted by atomic mass is 32.1. The van der Waals surface area contributed by atoms with Gasteiger partial charge in [0, 0.05) is 20.2 Å². The Labute approximate surface area is 187 Å². The molecule has 0 spiro atoms. The van der Waals surface area contributed by atoms with Gasteiger partial charge in [-0.2, -0.15) is 0 Å². The number of amides is 2. The van der Waals surface area contributed by atoms with Crippen LogP contribution in [0.2, 0.25) is 0 Å². The number of nitrogens with zero attached hydrogens (tertiary/aromatic N) is 1. The SMILES string of the molecule is COCCOC(=O)CC1C(=O)NCCN1C(=S)NC(=O)c1ccccc1OCC(C)C. The molecule has 9 nitrogen and oxygen atoms in total. The Morgan fingerprint density at radius 1 is 1.29 bits per heavy atom. The van der Waals surface area contributed by atoms with Crippen LogP contribution in [0.25, 0.3) is 0 Å². The first kappa shape index (κ1) is 24.5. The molecule has 1 unspecified atom stereocenters. The maximum atomic E-state index is 12.8. The zero-order chi connectivity index (χ0) is 22.8. The number of hydrogen-bond donors (Lipinski definition) is 2. The molecule has 1 heterocycles. The molecule has 10 heteroatoms. The molecule has 1 saturated heterocycles. The minimum Gasteiger partial charge on any atom is -0.492 e.